The van der Waals surface area contributed by atoms with Gasteiger partial charge in [0.05, 0.1) is 0 Å². The summed E-state index contributed by atoms with van der Waals surface area (Å²) in [4.78, 5) is 11.8. The lowest BCUT2D eigenvalue weighted by Gasteiger charge is -2.21. The smallest absolute Gasteiger partial charge is 0.247 e. The van der Waals surface area contributed by atoms with Crippen LogP contribution < -0.4 is 10.6 Å². The van der Waals surface area contributed by atoms with E-state index >= 15 is 0 Å². The summed E-state index contributed by atoms with van der Waals surface area (Å²) in [5.74, 6) is 0.00137. The fourth-order valence-electron chi connectivity index (χ4n) is 1.64. The van der Waals surface area contributed by atoms with Crippen molar-refractivity contribution in [2.24, 2.45) is 0 Å². The zero-order valence-corrected chi connectivity index (χ0v) is 10.5. The third-order valence-corrected chi connectivity index (χ3v) is 3.12. The average Bonchev–Trinajstić information content (AvgIpc) is 2.23. The Hall–Kier alpha value is -1.32. The molecule has 1 aromatic rings. The molecule has 0 radical (unpaired) electrons. The molecule has 1 aromatic carbocycles. The normalized spacial score (nSPS) is 14.1. The van der Waals surface area contributed by atoms with Crippen LogP contribution in [0.15, 0.2) is 35.4 Å². The van der Waals surface area contributed by atoms with Crippen molar-refractivity contribution in [3.05, 3.63) is 46.0 Å². The molecule has 0 aliphatic carbocycles. The summed E-state index contributed by atoms with van der Waals surface area (Å²) in [6.45, 7) is 4.04. The van der Waals surface area contributed by atoms with Crippen molar-refractivity contribution in [1.29, 1.82) is 0 Å². The van der Waals surface area contributed by atoms with Gasteiger partial charge < -0.3 is 10.6 Å². The maximum atomic E-state index is 11.8. The van der Waals surface area contributed by atoms with Crippen molar-refractivity contribution < 1.29 is 4.79 Å². The van der Waals surface area contributed by atoms with Crippen LogP contribution in [0.4, 0.5) is 0 Å². The molecular weight excluding hydrogens is 236 g/mol. The molecule has 1 saturated heterocycles. The molecule has 0 aromatic heterocycles. The predicted molar refractivity (Wildman–Crippen MR) is 68.9 cm³/mol. The van der Waals surface area contributed by atoms with Gasteiger partial charge in [0.25, 0.3) is 0 Å². The number of nitrogens with one attached hydrogen (secondary N) is 2. The van der Waals surface area contributed by atoms with Gasteiger partial charge in [-0.3, -0.25) is 4.79 Å². The molecule has 17 heavy (non-hydrogen) atoms. The summed E-state index contributed by atoms with van der Waals surface area (Å²) >= 11 is 5.87. The molecule has 1 fully saturated rings. The first kappa shape index (κ1) is 12.1. The second-order valence-electron chi connectivity index (χ2n) is 4.14. The fraction of sp³-hybridized carbons (Fsp3) is 0.308. The first-order chi connectivity index (χ1) is 8.16. The number of rotatable bonds is 3. The van der Waals surface area contributed by atoms with E-state index in [4.69, 9.17) is 11.6 Å². The van der Waals surface area contributed by atoms with Crippen LogP contribution in [0, 0.1) is 0 Å². The quantitative estimate of drug-likeness (QED) is 0.805. The lowest BCUT2D eigenvalue weighted by atomic mass is 10.0. The van der Waals surface area contributed by atoms with E-state index in [0.717, 1.165) is 24.2 Å². The molecule has 1 amide bonds. The molecule has 1 aliphatic rings. The molecule has 0 saturated carbocycles. The number of amides is 1. The van der Waals surface area contributed by atoms with E-state index in [9.17, 15) is 4.79 Å². The van der Waals surface area contributed by atoms with Gasteiger partial charge in [-0.25, -0.2) is 0 Å². The van der Waals surface area contributed by atoms with E-state index in [-0.39, 0.29) is 5.91 Å². The Morgan fingerprint density at radius 3 is 2.82 bits per heavy atom. The van der Waals surface area contributed by atoms with E-state index in [2.05, 4.69) is 10.6 Å². The average molecular weight is 251 g/mol. The Bertz CT molecular complexity index is 462. The molecule has 4 heteroatoms. The molecule has 0 bridgehead atoms. The maximum Gasteiger partial charge on any atom is 0.247 e. The van der Waals surface area contributed by atoms with Gasteiger partial charge in [-0.15, -0.1) is 0 Å². The number of benzene rings is 1. The molecule has 1 aliphatic heterocycles. The first-order valence-corrected chi connectivity index (χ1v) is 5.96. The fourth-order valence-corrected chi connectivity index (χ4v) is 1.85. The van der Waals surface area contributed by atoms with Crippen molar-refractivity contribution in [1.82, 2.24) is 10.6 Å². The van der Waals surface area contributed by atoms with Crippen molar-refractivity contribution in [2.75, 3.05) is 13.1 Å². The Morgan fingerprint density at radius 2 is 2.24 bits per heavy atom. The number of halogens is 1. The summed E-state index contributed by atoms with van der Waals surface area (Å²) in [6.07, 6.45) is 0. The number of carbonyl (C=O) groups is 1. The molecular formula is C13H15ClN2O. The molecule has 2 rings (SSSR count). The standard InChI is InChI=1S/C13H15ClN2O/c1-9(11-7-15-8-11)13(17)16-6-10-3-2-4-12(14)5-10/h2-5,15H,6-8H2,1H3,(H,16,17). The van der Waals surface area contributed by atoms with Gasteiger partial charge in [-0.2, -0.15) is 0 Å². The lowest BCUT2D eigenvalue weighted by molar-refractivity contribution is -0.117. The van der Waals surface area contributed by atoms with Crippen LogP contribution in [0.2, 0.25) is 5.02 Å². The Balaban J connectivity index is 1.92. The highest BCUT2D eigenvalue weighted by Crippen LogP contribution is 2.11. The summed E-state index contributed by atoms with van der Waals surface area (Å²) in [7, 11) is 0. The molecule has 2 N–H and O–H groups in total. The highest BCUT2D eigenvalue weighted by Gasteiger charge is 2.15. The topological polar surface area (TPSA) is 41.1 Å². The molecule has 0 atom stereocenters. The third-order valence-electron chi connectivity index (χ3n) is 2.89. The monoisotopic (exact) mass is 250 g/mol. The second-order valence-corrected chi connectivity index (χ2v) is 4.58. The number of hydrogen-bond donors (Lipinski definition) is 2. The minimum absolute atomic E-state index is 0.00137. The zero-order valence-electron chi connectivity index (χ0n) is 9.72. The van der Waals surface area contributed by atoms with Crippen LogP contribution in [-0.4, -0.2) is 19.0 Å². The molecule has 0 spiro atoms. The predicted octanol–water partition coefficient (Wildman–Crippen LogP) is 1.88. The summed E-state index contributed by atoms with van der Waals surface area (Å²) in [5.41, 5.74) is 3.02. The Morgan fingerprint density at radius 1 is 1.47 bits per heavy atom. The van der Waals surface area contributed by atoms with Gasteiger partial charge >= 0.3 is 0 Å². The van der Waals surface area contributed by atoms with Crippen molar-refractivity contribution in [3.63, 3.8) is 0 Å². The molecule has 3 nitrogen and oxygen atoms in total. The highest BCUT2D eigenvalue weighted by molar-refractivity contribution is 6.30. The van der Waals surface area contributed by atoms with Crippen LogP contribution in [0.25, 0.3) is 0 Å². The zero-order chi connectivity index (χ0) is 12.3. The van der Waals surface area contributed by atoms with E-state index in [1.165, 1.54) is 5.57 Å². The van der Waals surface area contributed by atoms with Crippen LogP contribution in [0.1, 0.15) is 12.5 Å². The van der Waals surface area contributed by atoms with Crippen molar-refractivity contribution in [3.8, 4) is 0 Å². The minimum atomic E-state index is 0.00137. The summed E-state index contributed by atoms with van der Waals surface area (Å²) in [6, 6.07) is 7.50. The number of carbonyl (C=O) groups excluding carboxylic acids is 1. The SMILES string of the molecule is CC(C(=O)NCc1cccc(Cl)c1)=C1CNC1. The van der Waals surface area contributed by atoms with E-state index in [1.54, 1.807) is 0 Å². The second kappa shape index (κ2) is 5.34. The van der Waals surface area contributed by atoms with Gasteiger partial charge in [-0.1, -0.05) is 23.7 Å². The Kier molecular flexibility index (Phi) is 3.82. The van der Waals surface area contributed by atoms with Gasteiger partial charge in [0, 0.05) is 30.2 Å². The maximum absolute atomic E-state index is 11.8. The summed E-state index contributed by atoms with van der Waals surface area (Å²) in [5, 5.41) is 6.70. The molecule has 0 unspecified atom stereocenters. The Labute approximate surface area is 106 Å². The van der Waals surface area contributed by atoms with E-state index < -0.39 is 0 Å². The van der Waals surface area contributed by atoms with Crippen molar-refractivity contribution in [2.45, 2.75) is 13.5 Å². The third kappa shape index (κ3) is 3.08. The molecule has 1 heterocycles. The van der Waals surface area contributed by atoms with Crippen LogP contribution in [0.5, 0.6) is 0 Å². The number of hydrogen-bond acceptors (Lipinski definition) is 2. The minimum Gasteiger partial charge on any atom is -0.348 e. The van der Waals surface area contributed by atoms with Gasteiger partial charge in [0.1, 0.15) is 0 Å². The van der Waals surface area contributed by atoms with E-state index in [0.29, 0.717) is 11.6 Å². The van der Waals surface area contributed by atoms with Crippen LogP contribution in [-0.2, 0) is 11.3 Å². The van der Waals surface area contributed by atoms with Gasteiger partial charge in [0.15, 0.2) is 0 Å². The van der Waals surface area contributed by atoms with Crippen molar-refractivity contribution >= 4 is 17.5 Å². The van der Waals surface area contributed by atoms with Crippen LogP contribution in [0.3, 0.4) is 0 Å². The van der Waals surface area contributed by atoms with Crippen LogP contribution >= 0.6 is 11.6 Å². The highest BCUT2D eigenvalue weighted by atomic mass is 35.5. The molecule has 90 valence electrons. The largest absolute Gasteiger partial charge is 0.348 e. The summed E-state index contributed by atoms with van der Waals surface area (Å²) < 4.78 is 0. The van der Waals surface area contributed by atoms with Gasteiger partial charge in [0.2, 0.25) is 5.91 Å². The van der Waals surface area contributed by atoms with Gasteiger partial charge in [-0.05, 0) is 30.2 Å². The lowest BCUT2D eigenvalue weighted by Crippen LogP contribution is -2.37. The first-order valence-electron chi connectivity index (χ1n) is 5.59. The van der Waals surface area contributed by atoms with E-state index in [1.807, 2.05) is 31.2 Å².